The molecule has 28 heavy (non-hydrogen) atoms. The Hall–Kier alpha value is -0.840. The molecular weight excluding hydrogens is 352 g/mol. The van der Waals surface area contributed by atoms with Crippen molar-refractivity contribution in [3.63, 3.8) is 0 Å². The zero-order valence-electron chi connectivity index (χ0n) is 17.4. The lowest BCUT2D eigenvalue weighted by molar-refractivity contribution is -0.244. The minimum Gasteiger partial charge on any atom is -0.490 e. The molecular formula is C24H36O4. The summed E-state index contributed by atoms with van der Waals surface area (Å²) in [5.41, 5.74) is -0.0238. The number of aliphatic hydroxyl groups excluding tert-OH is 2. The maximum Gasteiger partial charge on any atom is 0.112 e. The van der Waals surface area contributed by atoms with E-state index in [1.807, 2.05) is 6.08 Å². The van der Waals surface area contributed by atoms with Crippen LogP contribution in [0.25, 0.3) is 0 Å². The SMILES string of the molecule is C=C1C=C([C@H]2CC[C@]3(O)[C@@H]4CC[C@@H]5C[C@@H](O)CC[C@]5(C)[C@H]4C[C@@H](O)[C@]23C)CO1. The van der Waals surface area contributed by atoms with Gasteiger partial charge in [-0.1, -0.05) is 20.4 Å². The highest BCUT2D eigenvalue weighted by molar-refractivity contribution is 5.31. The van der Waals surface area contributed by atoms with Crippen molar-refractivity contribution in [3.8, 4) is 0 Å². The minimum absolute atomic E-state index is 0.127. The third-order valence-electron chi connectivity index (χ3n) is 10.1. The van der Waals surface area contributed by atoms with Crippen molar-refractivity contribution in [1.82, 2.24) is 0 Å². The average Bonchev–Trinajstić information content (AvgIpc) is 3.19. The van der Waals surface area contributed by atoms with E-state index in [9.17, 15) is 15.3 Å². The Bertz CT molecular complexity index is 715. The molecule has 4 nitrogen and oxygen atoms in total. The maximum atomic E-state index is 12.2. The summed E-state index contributed by atoms with van der Waals surface area (Å²) in [5.74, 6) is 1.96. The van der Waals surface area contributed by atoms with Crippen molar-refractivity contribution in [3.05, 3.63) is 24.0 Å². The lowest BCUT2D eigenvalue weighted by atomic mass is 9.42. The van der Waals surface area contributed by atoms with Gasteiger partial charge in [-0.05, 0) is 92.1 Å². The first-order valence-corrected chi connectivity index (χ1v) is 11.3. The Labute approximate surface area is 168 Å². The first-order valence-electron chi connectivity index (χ1n) is 11.3. The molecule has 0 spiro atoms. The summed E-state index contributed by atoms with van der Waals surface area (Å²) in [6.07, 6.45) is 8.67. The fraction of sp³-hybridized carbons (Fsp3) is 0.833. The second-order valence-corrected chi connectivity index (χ2v) is 10.9. The summed E-state index contributed by atoms with van der Waals surface area (Å²) in [6.45, 7) is 8.98. The first-order chi connectivity index (χ1) is 13.2. The Balaban J connectivity index is 1.51. The number of rotatable bonds is 1. The highest BCUT2D eigenvalue weighted by Gasteiger charge is 2.70. The second-order valence-electron chi connectivity index (χ2n) is 10.9. The van der Waals surface area contributed by atoms with Crippen LogP contribution in [0.4, 0.5) is 0 Å². The van der Waals surface area contributed by atoms with Gasteiger partial charge in [-0.25, -0.2) is 0 Å². The number of fused-ring (bicyclic) bond motifs is 5. The molecule has 4 saturated carbocycles. The van der Waals surface area contributed by atoms with Crippen LogP contribution in [0.2, 0.25) is 0 Å². The molecule has 0 radical (unpaired) electrons. The summed E-state index contributed by atoms with van der Waals surface area (Å²) in [5, 5.41) is 33.9. The Kier molecular flexibility index (Phi) is 4.16. The molecule has 4 aliphatic carbocycles. The molecule has 4 fully saturated rings. The van der Waals surface area contributed by atoms with Crippen LogP contribution < -0.4 is 0 Å². The molecule has 9 atom stereocenters. The van der Waals surface area contributed by atoms with E-state index in [4.69, 9.17) is 4.74 Å². The van der Waals surface area contributed by atoms with Gasteiger partial charge in [0.2, 0.25) is 0 Å². The molecule has 5 aliphatic rings. The van der Waals surface area contributed by atoms with E-state index >= 15 is 0 Å². The summed E-state index contributed by atoms with van der Waals surface area (Å²) < 4.78 is 5.60. The van der Waals surface area contributed by atoms with Crippen LogP contribution in [0.1, 0.15) is 65.2 Å². The predicted octanol–water partition coefficient (Wildman–Crippen LogP) is 3.56. The van der Waals surface area contributed by atoms with Crippen molar-refractivity contribution >= 4 is 0 Å². The molecule has 0 saturated heterocycles. The Morgan fingerprint density at radius 3 is 2.54 bits per heavy atom. The lowest BCUT2D eigenvalue weighted by Gasteiger charge is -2.64. The monoisotopic (exact) mass is 388 g/mol. The van der Waals surface area contributed by atoms with E-state index in [0.29, 0.717) is 24.2 Å². The number of aliphatic hydroxyl groups is 3. The molecule has 0 aromatic rings. The summed E-state index contributed by atoms with van der Waals surface area (Å²) in [7, 11) is 0. The highest BCUT2D eigenvalue weighted by atomic mass is 16.5. The van der Waals surface area contributed by atoms with Crippen molar-refractivity contribution in [2.75, 3.05) is 6.61 Å². The van der Waals surface area contributed by atoms with E-state index in [2.05, 4.69) is 20.4 Å². The van der Waals surface area contributed by atoms with Crippen molar-refractivity contribution in [1.29, 1.82) is 0 Å². The minimum atomic E-state index is -0.825. The van der Waals surface area contributed by atoms with Crippen molar-refractivity contribution in [2.24, 2.45) is 34.5 Å². The molecule has 0 amide bonds. The number of hydrogen-bond acceptors (Lipinski definition) is 4. The first kappa shape index (κ1) is 19.1. The van der Waals surface area contributed by atoms with Gasteiger partial charge in [-0.3, -0.25) is 0 Å². The third-order valence-corrected chi connectivity index (χ3v) is 10.1. The normalized spacial score (nSPS) is 55.8. The lowest BCUT2D eigenvalue weighted by Crippen LogP contribution is -2.67. The average molecular weight is 389 g/mol. The van der Waals surface area contributed by atoms with Gasteiger partial charge in [0, 0.05) is 5.41 Å². The van der Waals surface area contributed by atoms with Crippen LogP contribution in [0.15, 0.2) is 24.0 Å². The summed E-state index contributed by atoms with van der Waals surface area (Å²) in [6, 6.07) is 0. The number of allylic oxidation sites excluding steroid dienone is 1. The molecule has 1 aliphatic heterocycles. The second kappa shape index (κ2) is 6.09. The van der Waals surface area contributed by atoms with Crippen LogP contribution in [0, 0.1) is 34.5 Å². The number of hydrogen-bond donors (Lipinski definition) is 3. The molecule has 0 unspecified atom stereocenters. The maximum absolute atomic E-state index is 12.2. The van der Waals surface area contributed by atoms with Gasteiger partial charge in [0.25, 0.3) is 0 Å². The van der Waals surface area contributed by atoms with Gasteiger partial charge in [0.05, 0.1) is 17.8 Å². The summed E-state index contributed by atoms with van der Waals surface area (Å²) in [4.78, 5) is 0. The fourth-order valence-electron chi connectivity index (χ4n) is 8.44. The molecule has 4 heteroatoms. The fourth-order valence-corrected chi connectivity index (χ4v) is 8.44. The highest BCUT2D eigenvalue weighted by Crippen LogP contribution is 2.69. The molecule has 0 bridgehead atoms. The standard InChI is InChI=1S/C24H36O4/c1-14-10-15(13-28-14)18-7-9-24(27)19-5-4-16-11-17(25)6-8-22(16,2)20(19)12-21(26)23(18,24)3/h10,16-21,25-27H,1,4-9,11-13H2,2-3H3/t16-,17+,18-,19-,20+,21-,22+,23+,24+/m1/s1. The van der Waals surface area contributed by atoms with Gasteiger partial charge >= 0.3 is 0 Å². The van der Waals surface area contributed by atoms with Gasteiger partial charge < -0.3 is 20.1 Å². The number of ether oxygens (including phenoxy) is 1. The van der Waals surface area contributed by atoms with Crippen LogP contribution in [-0.2, 0) is 4.74 Å². The zero-order chi connectivity index (χ0) is 19.9. The Morgan fingerprint density at radius 2 is 1.82 bits per heavy atom. The smallest absolute Gasteiger partial charge is 0.112 e. The van der Waals surface area contributed by atoms with Gasteiger partial charge in [-0.2, -0.15) is 0 Å². The van der Waals surface area contributed by atoms with E-state index in [-0.39, 0.29) is 23.4 Å². The van der Waals surface area contributed by atoms with Crippen LogP contribution in [0.3, 0.4) is 0 Å². The molecule has 156 valence electrons. The zero-order valence-corrected chi connectivity index (χ0v) is 17.4. The molecule has 5 rings (SSSR count). The van der Waals surface area contributed by atoms with E-state index < -0.39 is 17.1 Å². The quantitative estimate of drug-likeness (QED) is 0.642. The van der Waals surface area contributed by atoms with E-state index in [1.165, 1.54) is 5.57 Å². The summed E-state index contributed by atoms with van der Waals surface area (Å²) >= 11 is 0. The van der Waals surface area contributed by atoms with Gasteiger partial charge in [0.1, 0.15) is 12.4 Å². The Morgan fingerprint density at radius 1 is 1.04 bits per heavy atom. The van der Waals surface area contributed by atoms with Crippen molar-refractivity contribution in [2.45, 2.75) is 83.0 Å². The predicted molar refractivity (Wildman–Crippen MR) is 107 cm³/mol. The molecule has 1 heterocycles. The third kappa shape index (κ3) is 2.29. The molecule has 0 aromatic heterocycles. The largest absolute Gasteiger partial charge is 0.490 e. The van der Waals surface area contributed by atoms with Crippen LogP contribution in [-0.4, -0.2) is 39.7 Å². The van der Waals surface area contributed by atoms with Gasteiger partial charge in [0.15, 0.2) is 0 Å². The van der Waals surface area contributed by atoms with E-state index in [0.717, 1.165) is 51.4 Å². The molecule has 0 aromatic carbocycles. The molecule has 3 N–H and O–H groups in total. The van der Waals surface area contributed by atoms with Crippen molar-refractivity contribution < 1.29 is 20.1 Å². The van der Waals surface area contributed by atoms with Crippen LogP contribution >= 0.6 is 0 Å². The topological polar surface area (TPSA) is 69.9 Å². The van der Waals surface area contributed by atoms with E-state index in [1.54, 1.807) is 0 Å². The van der Waals surface area contributed by atoms with Gasteiger partial charge in [-0.15, -0.1) is 0 Å². The van der Waals surface area contributed by atoms with Crippen LogP contribution in [0.5, 0.6) is 0 Å².